The first-order valence-electron chi connectivity index (χ1n) is 4.74. The van der Waals surface area contributed by atoms with E-state index < -0.39 is 0 Å². The largest absolute Gasteiger partial charge is 0.264 e. The zero-order valence-corrected chi connectivity index (χ0v) is 7.35. The molecule has 1 saturated carbocycles. The van der Waals surface area contributed by atoms with Gasteiger partial charge in [-0.25, -0.2) is 0 Å². The Morgan fingerprint density at radius 1 is 1.31 bits per heavy atom. The average Bonchev–Trinajstić information content (AvgIpc) is 2.96. The zero-order valence-electron chi connectivity index (χ0n) is 7.35. The van der Waals surface area contributed by atoms with Crippen LogP contribution in [0.25, 0.3) is 5.57 Å². The number of aromatic nitrogens is 1. The van der Waals surface area contributed by atoms with Gasteiger partial charge in [0.1, 0.15) is 0 Å². The highest BCUT2D eigenvalue weighted by Crippen LogP contribution is 2.45. The van der Waals surface area contributed by atoms with E-state index in [0.29, 0.717) is 0 Å². The maximum atomic E-state index is 4.12. The molecule has 1 aromatic rings. The van der Waals surface area contributed by atoms with Crippen molar-refractivity contribution in [2.75, 3.05) is 0 Å². The summed E-state index contributed by atoms with van der Waals surface area (Å²) < 4.78 is 0. The second-order valence-corrected chi connectivity index (χ2v) is 3.79. The van der Waals surface area contributed by atoms with Gasteiger partial charge in [0.25, 0.3) is 0 Å². The first-order chi connectivity index (χ1) is 6.43. The van der Waals surface area contributed by atoms with E-state index in [1.54, 1.807) is 0 Å². The van der Waals surface area contributed by atoms with Crippen LogP contribution >= 0.6 is 0 Å². The van der Waals surface area contributed by atoms with Gasteiger partial charge in [-0.05, 0) is 35.5 Å². The van der Waals surface area contributed by atoms with Crippen LogP contribution in [-0.4, -0.2) is 4.98 Å². The van der Waals surface area contributed by atoms with Crippen LogP contribution in [0, 0.1) is 11.8 Å². The molecule has 2 unspecified atom stereocenters. The lowest BCUT2D eigenvalue weighted by Crippen LogP contribution is -1.88. The van der Waals surface area contributed by atoms with Gasteiger partial charge in [0, 0.05) is 12.4 Å². The molecule has 3 rings (SSSR count). The predicted octanol–water partition coefficient (Wildman–Crippen LogP) is 2.67. The molecule has 1 heteroatoms. The third kappa shape index (κ3) is 1.21. The Balaban J connectivity index is 1.98. The molecule has 0 radical (unpaired) electrons. The summed E-state index contributed by atoms with van der Waals surface area (Å²) in [6.45, 7) is 0. The van der Waals surface area contributed by atoms with Crippen LogP contribution in [0.5, 0.6) is 0 Å². The first-order valence-corrected chi connectivity index (χ1v) is 4.74. The molecular weight excluding hydrogens is 158 g/mol. The molecule has 2 atom stereocenters. The minimum absolute atomic E-state index is 0.820. The third-order valence-electron chi connectivity index (χ3n) is 2.80. The summed E-state index contributed by atoms with van der Waals surface area (Å²) in [6.07, 6.45) is 12.0. The molecule has 0 bridgehead atoms. The Bertz CT molecular complexity index is 375. The van der Waals surface area contributed by atoms with Gasteiger partial charge in [0.2, 0.25) is 0 Å². The number of pyridine rings is 1. The van der Waals surface area contributed by atoms with Gasteiger partial charge in [-0.1, -0.05) is 24.3 Å². The standard InChI is InChI=1S/C12H11N/c1-2-11(8-13-5-1)9-3-4-10-7-12(10)6-9/h1-6,8,10,12H,7H2. The molecule has 64 valence electrons. The minimum Gasteiger partial charge on any atom is -0.264 e. The monoisotopic (exact) mass is 169 g/mol. The number of hydrogen-bond acceptors (Lipinski definition) is 1. The molecule has 1 heterocycles. The van der Waals surface area contributed by atoms with Crippen LogP contribution in [0.15, 0.2) is 42.8 Å². The molecule has 0 amide bonds. The Labute approximate surface area is 77.8 Å². The van der Waals surface area contributed by atoms with Crippen LogP contribution < -0.4 is 0 Å². The predicted molar refractivity (Wildman–Crippen MR) is 53.0 cm³/mol. The van der Waals surface area contributed by atoms with E-state index in [1.807, 2.05) is 18.5 Å². The maximum Gasteiger partial charge on any atom is 0.0346 e. The molecule has 13 heavy (non-hydrogen) atoms. The van der Waals surface area contributed by atoms with Gasteiger partial charge in [0.05, 0.1) is 0 Å². The molecule has 0 N–H and O–H groups in total. The van der Waals surface area contributed by atoms with Crippen molar-refractivity contribution < 1.29 is 0 Å². The van der Waals surface area contributed by atoms with E-state index in [2.05, 4.69) is 29.3 Å². The van der Waals surface area contributed by atoms with Crippen molar-refractivity contribution in [3.05, 3.63) is 48.3 Å². The number of rotatable bonds is 1. The minimum atomic E-state index is 0.820. The lowest BCUT2D eigenvalue weighted by atomic mass is 10.0. The molecule has 1 aromatic heterocycles. The van der Waals surface area contributed by atoms with Crippen molar-refractivity contribution >= 4 is 5.57 Å². The second-order valence-electron chi connectivity index (χ2n) is 3.79. The highest BCUT2D eigenvalue weighted by atomic mass is 14.6. The Morgan fingerprint density at radius 3 is 3.08 bits per heavy atom. The number of fused-ring (bicyclic) bond motifs is 1. The van der Waals surface area contributed by atoms with E-state index >= 15 is 0 Å². The van der Waals surface area contributed by atoms with E-state index in [0.717, 1.165) is 11.8 Å². The quantitative estimate of drug-likeness (QED) is 0.629. The zero-order chi connectivity index (χ0) is 8.67. The molecule has 2 aliphatic carbocycles. The van der Waals surface area contributed by atoms with Crippen LogP contribution in [0.2, 0.25) is 0 Å². The van der Waals surface area contributed by atoms with Crippen molar-refractivity contribution in [2.45, 2.75) is 6.42 Å². The van der Waals surface area contributed by atoms with Crippen LogP contribution in [-0.2, 0) is 0 Å². The molecular formula is C12H11N. The van der Waals surface area contributed by atoms with Crippen LogP contribution in [0.4, 0.5) is 0 Å². The highest BCUT2D eigenvalue weighted by molar-refractivity contribution is 5.75. The summed E-state index contributed by atoms with van der Waals surface area (Å²) in [6, 6.07) is 4.11. The van der Waals surface area contributed by atoms with Crippen molar-refractivity contribution in [1.29, 1.82) is 0 Å². The Hall–Kier alpha value is -1.37. The van der Waals surface area contributed by atoms with Crippen molar-refractivity contribution in [1.82, 2.24) is 4.98 Å². The first kappa shape index (κ1) is 7.07. The van der Waals surface area contributed by atoms with E-state index in [9.17, 15) is 0 Å². The van der Waals surface area contributed by atoms with Gasteiger partial charge < -0.3 is 0 Å². The van der Waals surface area contributed by atoms with Crippen LogP contribution in [0.1, 0.15) is 12.0 Å². The number of allylic oxidation sites excluding steroid dienone is 4. The van der Waals surface area contributed by atoms with Crippen molar-refractivity contribution in [3.8, 4) is 0 Å². The summed E-state index contributed by atoms with van der Waals surface area (Å²) in [7, 11) is 0. The number of hydrogen-bond donors (Lipinski definition) is 0. The van der Waals surface area contributed by atoms with Gasteiger partial charge in [-0.15, -0.1) is 0 Å². The Morgan fingerprint density at radius 2 is 2.31 bits per heavy atom. The topological polar surface area (TPSA) is 12.9 Å². The molecule has 0 spiro atoms. The summed E-state index contributed by atoms with van der Waals surface area (Å²) >= 11 is 0. The van der Waals surface area contributed by atoms with Gasteiger partial charge in [0.15, 0.2) is 0 Å². The SMILES string of the molecule is C1=CC2CC2C=C1c1cccnc1. The maximum absolute atomic E-state index is 4.12. The molecule has 0 aliphatic heterocycles. The molecule has 1 fully saturated rings. The lowest BCUT2D eigenvalue weighted by Gasteiger charge is -2.05. The third-order valence-corrected chi connectivity index (χ3v) is 2.80. The molecule has 1 nitrogen and oxygen atoms in total. The van der Waals surface area contributed by atoms with E-state index in [-0.39, 0.29) is 0 Å². The average molecular weight is 169 g/mol. The molecule has 0 aromatic carbocycles. The summed E-state index contributed by atoms with van der Waals surface area (Å²) in [5.41, 5.74) is 2.58. The molecule has 2 aliphatic rings. The van der Waals surface area contributed by atoms with E-state index in [1.165, 1.54) is 17.6 Å². The fraction of sp³-hybridized carbons (Fsp3) is 0.250. The lowest BCUT2D eigenvalue weighted by molar-refractivity contribution is 0.984. The summed E-state index contributed by atoms with van der Waals surface area (Å²) in [5.74, 6) is 1.67. The van der Waals surface area contributed by atoms with Crippen LogP contribution in [0.3, 0.4) is 0 Å². The second kappa shape index (κ2) is 2.56. The normalized spacial score (nSPS) is 29.4. The highest BCUT2D eigenvalue weighted by Gasteiger charge is 2.34. The fourth-order valence-electron chi connectivity index (χ4n) is 1.89. The van der Waals surface area contributed by atoms with Crippen molar-refractivity contribution in [2.24, 2.45) is 11.8 Å². The van der Waals surface area contributed by atoms with E-state index in [4.69, 9.17) is 0 Å². The van der Waals surface area contributed by atoms with Gasteiger partial charge in [-0.3, -0.25) is 4.98 Å². The molecule has 0 saturated heterocycles. The fourth-order valence-corrected chi connectivity index (χ4v) is 1.89. The van der Waals surface area contributed by atoms with Gasteiger partial charge in [-0.2, -0.15) is 0 Å². The van der Waals surface area contributed by atoms with Gasteiger partial charge >= 0.3 is 0 Å². The Kier molecular flexibility index (Phi) is 1.39. The summed E-state index contributed by atoms with van der Waals surface area (Å²) in [4.78, 5) is 4.12. The van der Waals surface area contributed by atoms with Crippen molar-refractivity contribution in [3.63, 3.8) is 0 Å². The smallest absolute Gasteiger partial charge is 0.0346 e. The summed E-state index contributed by atoms with van der Waals surface area (Å²) in [5, 5.41) is 0. The number of nitrogens with zero attached hydrogens (tertiary/aromatic N) is 1.